The molecule has 4 aromatic rings. The second-order valence-electron chi connectivity index (χ2n) is 23.1. The predicted molar refractivity (Wildman–Crippen MR) is 350 cm³/mol. The van der Waals surface area contributed by atoms with Crippen molar-refractivity contribution in [2.24, 2.45) is 17.4 Å². The van der Waals surface area contributed by atoms with Gasteiger partial charge in [-0.05, 0) is 87.4 Å². The van der Waals surface area contributed by atoms with Gasteiger partial charge in [-0.25, -0.2) is 4.79 Å². The molecule has 31 nitrogen and oxygen atoms in total. The van der Waals surface area contributed by atoms with Crippen LogP contribution in [-0.4, -0.2) is 199 Å². The predicted octanol–water partition coefficient (Wildman–Crippen LogP) is -2.65. The summed E-state index contributed by atoms with van der Waals surface area (Å²) in [6, 6.07) is 3.84. The molecule has 3 aromatic carbocycles. The fraction of sp³-hybridized carbons (Fsp3) is 0.468. The van der Waals surface area contributed by atoms with E-state index in [0.29, 0.717) is 34.0 Å². The Morgan fingerprint density at radius 2 is 1.18 bits per heavy atom. The summed E-state index contributed by atoms with van der Waals surface area (Å²) in [4.78, 5) is 183. The highest BCUT2D eigenvalue weighted by atomic mass is 33.1. The Labute approximate surface area is 554 Å². The number of amides is 11. The van der Waals surface area contributed by atoms with Crippen molar-refractivity contribution in [2.75, 3.05) is 24.6 Å². The molecule has 33 heteroatoms. The van der Waals surface area contributed by atoms with Gasteiger partial charge in [0.1, 0.15) is 66.2 Å². The molecule has 1 saturated heterocycles. The van der Waals surface area contributed by atoms with Gasteiger partial charge in [-0.2, -0.15) is 0 Å². The maximum Gasteiger partial charge on any atom is 0.326 e. The maximum absolute atomic E-state index is 15.1. The van der Waals surface area contributed by atoms with E-state index >= 15 is 14.4 Å². The lowest BCUT2D eigenvalue weighted by atomic mass is 10.0. The van der Waals surface area contributed by atoms with Gasteiger partial charge in [-0.3, -0.25) is 57.5 Å². The van der Waals surface area contributed by atoms with Crippen molar-refractivity contribution in [1.29, 1.82) is 0 Å². The number of carboxylic acid groups (broad SMARTS) is 2. The largest absolute Gasteiger partial charge is 0.508 e. The second-order valence-corrected chi connectivity index (χ2v) is 25.6. The summed E-state index contributed by atoms with van der Waals surface area (Å²) in [5, 5.41) is 68.8. The molecule has 5 rings (SSSR count). The number of aliphatic hydroxyl groups excluding tert-OH is 1. The minimum atomic E-state index is -2.01. The molecule has 2 heterocycles. The third-order valence-electron chi connectivity index (χ3n) is 15.0. The smallest absolute Gasteiger partial charge is 0.326 e. The van der Waals surface area contributed by atoms with Gasteiger partial charge in [0.25, 0.3) is 0 Å². The van der Waals surface area contributed by atoms with Gasteiger partial charge >= 0.3 is 11.9 Å². The van der Waals surface area contributed by atoms with Crippen molar-refractivity contribution < 1.29 is 82.8 Å². The van der Waals surface area contributed by atoms with Gasteiger partial charge in [-0.1, -0.05) is 96.1 Å². The maximum atomic E-state index is 15.1. The number of carbonyl (C=O) groups is 13. The number of aromatic amines is 1. The van der Waals surface area contributed by atoms with Crippen LogP contribution in [0.15, 0.2) is 85.1 Å². The van der Waals surface area contributed by atoms with Crippen LogP contribution in [0.3, 0.4) is 0 Å². The van der Waals surface area contributed by atoms with E-state index in [1.165, 1.54) is 45.0 Å². The molecule has 20 N–H and O–H groups in total. The number of carbonyl (C=O) groups excluding carboxylic acids is 11. The SMILES string of the molecule is CC(C)[C@H](NC(=O)[C@@H]1CSSC[C@H](NC(=O)[C@H](CC(=O)O)NC(=O)[C@H](C)NC(=O)[C@@H](NC(=O)CNC(=O)[C@H](C)N)[C@@H](C)O)C(=O)N[C@@H](Cc2ccccc2)C(=O)N[C@@H](Cc2c[nH]c3ccccc23)C(=O)N[C@@H](CCCCN)C(=O)N[C@@H](Cc2ccc(O)cc2)C(=O)N1)C(=O)O. The quantitative estimate of drug-likeness (QED) is 0.0214. The molecule has 0 aliphatic carbocycles. The van der Waals surface area contributed by atoms with Crippen LogP contribution < -0.4 is 70.0 Å². The van der Waals surface area contributed by atoms with E-state index in [0.717, 1.165) is 35.4 Å². The molecule has 0 bridgehead atoms. The number of unbranched alkanes of at least 4 members (excludes halogenated alkanes) is 1. The van der Waals surface area contributed by atoms with Crippen molar-refractivity contribution in [3.63, 3.8) is 0 Å². The molecule has 0 radical (unpaired) electrons. The first-order valence-electron chi connectivity index (χ1n) is 30.5. The van der Waals surface area contributed by atoms with Gasteiger partial charge in [0.2, 0.25) is 65.0 Å². The number of hydrogen-bond donors (Lipinski definition) is 18. The van der Waals surface area contributed by atoms with Crippen LogP contribution in [0.4, 0.5) is 0 Å². The molecule has 1 aromatic heterocycles. The summed E-state index contributed by atoms with van der Waals surface area (Å²) < 4.78 is 0. The van der Waals surface area contributed by atoms with Gasteiger partial charge in [-0.15, -0.1) is 0 Å². The van der Waals surface area contributed by atoms with E-state index in [-0.39, 0.29) is 44.4 Å². The molecule has 1 aliphatic heterocycles. The van der Waals surface area contributed by atoms with Crippen LogP contribution in [0, 0.1) is 5.92 Å². The Bertz CT molecular complexity index is 3360. The first-order valence-corrected chi connectivity index (χ1v) is 33.0. The lowest BCUT2D eigenvalue weighted by Crippen LogP contribution is -2.62. The first-order chi connectivity index (χ1) is 45.0. The van der Waals surface area contributed by atoms with Gasteiger partial charge in [0.05, 0.1) is 25.1 Å². The van der Waals surface area contributed by atoms with Crippen LogP contribution in [0.1, 0.15) is 77.0 Å². The molecule has 516 valence electrons. The molecule has 12 atom stereocenters. The molecule has 1 aliphatic rings. The Morgan fingerprint density at radius 1 is 0.611 bits per heavy atom. The van der Waals surface area contributed by atoms with Crippen LogP contribution >= 0.6 is 21.6 Å². The van der Waals surface area contributed by atoms with Crippen molar-refractivity contribution >= 4 is 109 Å². The third kappa shape index (κ3) is 24.5. The van der Waals surface area contributed by atoms with E-state index in [1.54, 1.807) is 60.8 Å². The molecule has 1 fully saturated rings. The summed E-state index contributed by atoms with van der Waals surface area (Å²) in [5.41, 5.74) is 13.5. The van der Waals surface area contributed by atoms with E-state index in [9.17, 15) is 68.4 Å². The molecule has 0 unspecified atom stereocenters. The average Bonchev–Trinajstić information content (AvgIpc) is 1.76. The number of fused-ring (bicyclic) bond motifs is 1. The second kappa shape index (κ2) is 37.5. The van der Waals surface area contributed by atoms with Crippen LogP contribution in [0.25, 0.3) is 10.9 Å². The molecular formula is C62H84N14O17S2. The molecule has 0 spiro atoms. The van der Waals surface area contributed by atoms with E-state index in [1.807, 2.05) is 0 Å². The molecular weight excluding hydrogens is 1280 g/mol. The molecule has 11 amide bonds. The number of carboxylic acids is 2. The van der Waals surface area contributed by atoms with Crippen LogP contribution in [0.2, 0.25) is 0 Å². The number of benzene rings is 3. The number of rotatable bonds is 27. The first kappa shape index (κ1) is 76.4. The average molecular weight is 1360 g/mol. The zero-order valence-electron chi connectivity index (χ0n) is 52.9. The summed E-state index contributed by atoms with van der Waals surface area (Å²) in [7, 11) is 1.64. The zero-order chi connectivity index (χ0) is 70.1. The normalized spacial score (nSPS) is 20.4. The lowest BCUT2D eigenvalue weighted by molar-refractivity contribution is -0.143. The summed E-state index contributed by atoms with van der Waals surface area (Å²) >= 11 is 0. The lowest BCUT2D eigenvalue weighted by Gasteiger charge is -2.29. The Kier molecular flexibility index (Phi) is 30.2. The number of hydrogen-bond acceptors (Lipinski definition) is 19. The van der Waals surface area contributed by atoms with Crippen LogP contribution in [0.5, 0.6) is 5.75 Å². The molecule has 95 heavy (non-hydrogen) atoms. The van der Waals surface area contributed by atoms with E-state index < -0.39 is 180 Å². The van der Waals surface area contributed by atoms with Crippen molar-refractivity contribution in [2.45, 2.75) is 152 Å². The number of aliphatic carboxylic acids is 2. The summed E-state index contributed by atoms with van der Waals surface area (Å²) in [6.45, 7) is 6.24. The Morgan fingerprint density at radius 3 is 1.78 bits per heavy atom. The topological polar surface area (TPSA) is 503 Å². The van der Waals surface area contributed by atoms with E-state index in [4.69, 9.17) is 11.5 Å². The molecule has 0 saturated carbocycles. The van der Waals surface area contributed by atoms with Gasteiger partial charge in [0.15, 0.2) is 0 Å². The van der Waals surface area contributed by atoms with Crippen molar-refractivity contribution in [3.8, 4) is 5.75 Å². The number of phenols is 1. The number of aliphatic hydroxyl groups is 1. The fourth-order valence-corrected chi connectivity index (χ4v) is 12.0. The van der Waals surface area contributed by atoms with Gasteiger partial charge < -0.3 is 95.4 Å². The van der Waals surface area contributed by atoms with Crippen LogP contribution in [-0.2, 0) is 81.6 Å². The standard InChI is InChI=1S/C62H84N14O17S2/c1-31(2)50(62(92)93)76-60(90)47-30-95-94-29-46(73-58(88)45(26-49(80)81)69-53(83)33(4)67-61(91)51(34(5)77)75-48(79)28-66-52(82)32(3)64)59(89)71-42(23-35-13-7-6-8-14-35)55(85)72-44(25-37-27-65-40-16-10-9-15-39(37)40)57(87)68-41(17-11-12-22-63)54(84)70-43(56(86)74-47)24-36-18-20-38(78)21-19-36/h6-10,13-16,18-21,27,31-34,41-47,50-51,65,77-78H,11-12,17,22-26,28-30,63-64H2,1-5H3,(H,66,82)(H,67,91)(H,68,87)(H,69,83)(H,70,84)(H,71,89)(H,72,85)(H,73,88)(H,74,86)(H,75,79)(H,76,90)(H,80,81)(H,92,93)/t32-,33-,34+,41-,42-,43-,44-,45-,46-,47-,50-,51-/m0/s1. The minimum Gasteiger partial charge on any atom is -0.508 e. The Hall–Kier alpha value is -9.31. The number of phenolic OH excluding ortho intramolecular Hbond substituents is 1. The number of nitrogens with one attached hydrogen (secondary N) is 12. The number of H-pyrrole nitrogens is 1. The number of aromatic hydroxyl groups is 1. The highest BCUT2D eigenvalue weighted by Gasteiger charge is 2.38. The monoisotopic (exact) mass is 1360 g/mol. The van der Waals surface area contributed by atoms with E-state index in [2.05, 4.69) is 63.5 Å². The Balaban J connectivity index is 1.59. The third-order valence-corrected chi connectivity index (χ3v) is 17.4. The summed E-state index contributed by atoms with van der Waals surface area (Å²) in [6.07, 6.45) is -1.17. The highest BCUT2D eigenvalue weighted by Crippen LogP contribution is 2.25. The zero-order valence-corrected chi connectivity index (χ0v) is 54.6. The van der Waals surface area contributed by atoms with Crippen molar-refractivity contribution in [3.05, 3.63) is 102 Å². The van der Waals surface area contributed by atoms with Gasteiger partial charge in [0, 0.05) is 47.9 Å². The van der Waals surface area contributed by atoms with Crippen molar-refractivity contribution in [1.82, 2.24) is 63.5 Å². The minimum absolute atomic E-state index is 0.0434. The number of aromatic nitrogens is 1. The number of nitrogens with two attached hydrogens (primary N) is 2. The number of para-hydroxylation sites is 1. The summed E-state index contributed by atoms with van der Waals surface area (Å²) in [5.74, 6) is -15.7. The highest BCUT2D eigenvalue weighted by molar-refractivity contribution is 8.76. The fourth-order valence-electron chi connectivity index (χ4n) is 9.63.